The van der Waals surface area contributed by atoms with E-state index in [2.05, 4.69) is 6.07 Å². The lowest BCUT2D eigenvalue weighted by atomic mass is 10.0. The number of halogens is 1. The van der Waals surface area contributed by atoms with Crippen LogP contribution in [-0.2, 0) is 6.42 Å². The van der Waals surface area contributed by atoms with Crippen molar-refractivity contribution in [1.29, 1.82) is 0 Å². The van der Waals surface area contributed by atoms with Crippen LogP contribution in [0.3, 0.4) is 0 Å². The number of fused-ring (bicyclic) bond motifs is 1. The van der Waals surface area contributed by atoms with Crippen molar-refractivity contribution in [1.82, 2.24) is 0 Å². The molecule has 3 heteroatoms. The lowest BCUT2D eigenvalue weighted by Gasteiger charge is -2.08. The Hall–Kier alpha value is -1.41. The minimum Gasteiger partial charge on any atom is -0.493 e. The maximum atomic E-state index is 6.41. The Balaban J connectivity index is 1.94. The second-order valence-electron chi connectivity index (χ2n) is 4.28. The van der Waals surface area contributed by atoms with Gasteiger partial charge in [0.05, 0.1) is 6.61 Å². The van der Waals surface area contributed by atoms with Crippen molar-refractivity contribution < 1.29 is 9.15 Å². The monoisotopic (exact) mass is 248 g/mol. The Bertz CT molecular complexity index is 545. The van der Waals surface area contributed by atoms with Gasteiger partial charge in [-0.3, -0.25) is 0 Å². The highest BCUT2D eigenvalue weighted by Crippen LogP contribution is 2.34. The van der Waals surface area contributed by atoms with Crippen molar-refractivity contribution in [3.05, 3.63) is 53.0 Å². The van der Waals surface area contributed by atoms with Gasteiger partial charge in [0.1, 0.15) is 22.6 Å². The molecule has 3 rings (SSSR count). The third-order valence-electron chi connectivity index (χ3n) is 3.02. The lowest BCUT2D eigenvalue weighted by molar-refractivity contribution is 0.357. The van der Waals surface area contributed by atoms with E-state index in [-0.39, 0.29) is 5.38 Å². The Morgan fingerprint density at radius 3 is 2.88 bits per heavy atom. The Morgan fingerprint density at radius 1 is 1.24 bits per heavy atom. The molecule has 0 saturated carbocycles. The van der Waals surface area contributed by atoms with E-state index in [9.17, 15) is 0 Å². The average molecular weight is 249 g/mol. The van der Waals surface area contributed by atoms with Gasteiger partial charge < -0.3 is 9.15 Å². The molecular formula is C14H13ClO2. The molecule has 2 nitrogen and oxygen atoms in total. The molecule has 17 heavy (non-hydrogen) atoms. The molecule has 0 saturated heterocycles. The number of alkyl halides is 1. The third-order valence-corrected chi connectivity index (χ3v) is 3.48. The topological polar surface area (TPSA) is 22.4 Å². The molecule has 1 aliphatic rings. The first kappa shape index (κ1) is 10.7. The van der Waals surface area contributed by atoms with Crippen LogP contribution in [0.5, 0.6) is 5.75 Å². The van der Waals surface area contributed by atoms with Crippen molar-refractivity contribution >= 4 is 11.6 Å². The number of aryl methyl sites for hydroxylation is 1. The fourth-order valence-electron chi connectivity index (χ4n) is 2.12. The van der Waals surface area contributed by atoms with Gasteiger partial charge in [-0.05, 0) is 36.2 Å². The molecule has 1 atom stereocenters. The van der Waals surface area contributed by atoms with Crippen LogP contribution in [0.1, 0.15) is 28.0 Å². The molecule has 0 radical (unpaired) electrons. The summed E-state index contributed by atoms with van der Waals surface area (Å²) in [5.41, 5.74) is 2.29. The van der Waals surface area contributed by atoms with Crippen molar-refractivity contribution in [2.75, 3.05) is 6.61 Å². The number of furan rings is 1. The summed E-state index contributed by atoms with van der Waals surface area (Å²) in [6.07, 6.45) is 0.962. The fraction of sp³-hybridized carbons (Fsp3) is 0.286. The molecule has 1 unspecified atom stereocenters. The first-order chi connectivity index (χ1) is 8.24. The van der Waals surface area contributed by atoms with Gasteiger partial charge in [-0.2, -0.15) is 0 Å². The van der Waals surface area contributed by atoms with Crippen LogP contribution in [0.15, 0.2) is 34.7 Å². The number of ether oxygens (including phenoxy) is 1. The highest BCUT2D eigenvalue weighted by Gasteiger charge is 2.18. The second-order valence-corrected chi connectivity index (χ2v) is 4.71. The van der Waals surface area contributed by atoms with E-state index in [0.717, 1.165) is 35.9 Å². The van der Waals surface area contributed by atoms with E-state index in [1.54, 1.807) is 0 Å². The molecular weight excluding hydrogens is 236 g/mol. The molecule has 0 fully saturated rings. The summed E-state index contributed by atoms with van der Waals surface area (Å²) in [6, 6.07) is 9.96. The second kappa shape index (κ2) is 4.11. The van der Waals surface area contributed by atoms with E-state index in [1.807, 2.05) is 31.2 Å². The van der Waals surface area contributed by atoms with Crippen molar-refractivity contribution in [2.24, 2.45) is 0 Å². The molecule has 0 bridgehead atoms. The zero-order chi connectivity index (χ0) is 11.8. The number of hydrogen-bond acceptors (Lipinski definition) is 2. The van der Waals surface area contributed by atoms with E-state index < -0.39 is 0 Å². The van der Waals surface area contributed by atoms with Crippen LogP contribution in [0.2, 0.25) is 0 Å². The van der Waals surface area contributed by atoms with Crippen molar-refractivity contribution in [2.45, 2.75) is 18.7 Å². The highest BCUT2D eigenvalue weighted by molar-refractivity contribution is 6.22. The largest absolute Gasteiger partial charge is 0.493 e. The molecule has 88 valence electrons. The SMILES string of the molecule is Cc1ccc(C(Cl)c2ccc3c(c2)CCO3)o1. The lowest BCUT2D eigenvalue weighted by Crippen LogP contribution is -1.92. The standard InChI is InChI=1S/C14H13ClO2/c1-9-2-4-13(17-9)14(15)11-3-5-12-10(8-11)6-7-16-12/h2-5,8,14H,6-7H2,1H3. The van der Waals surface area contributed by atoms with Crippen LogP contribution in [0.25, 0.3) is 0 Å². The van der Waals surface area contributed by atoms with Gasteiger partial charge in [0, 0.05) is 6.42 Å². The summed E-state index contributed by atoms with van der Waals surface area (Å²) >= 11 is 6.41. The first-order valence-electron chi connectivity index (χ1n) is 5.70. The van der Waals surface area contributed by atoms with Gasteiger partial charge in [0.25, 0.3) is 0 Å². The summed E-state index contributed by atoms with van der Waals surface area (Å²) in [5.74, 6) is 2.66. The Kier molecular flexibility index (Phi) is 2.60. The number of rotatable bonds is 2. The molecule has 0 aliphatic carbocycles. The predicted octanol–water partition coefficient (Wildman–Crippen LogP) is 3.85. The molecule has 2 heterocycles. The summed E-state index contributed by atoms with van der Waals surface area (Å²) < 4.78 is 11.0. The van der Waals surface area contributed by atoms with Gasteiger partial charge in [0.15, 0.2) is 0 Å². The summed E-state index contributed by atoms with van der Waals surface area (Å²) in [7, 11) is 0. The third kappa shape index (κ3) is 1.93. The molecule has 1 aromatic heterocycles. The highest BCUT2D eigenvalue weighted by atomic mass is 35.5. The molecule has 1 aliphatic heterocycles. The van der Waals surface area contributed by atoms with Gasteiger partial charge in [-0.15, -0.1) is 11.6 Å². The Labute approximate surface area is 105 Å². The number of hydrogen-bond donors (Lipinski definition) is 0. The Morgan fingerprint density at radius 2 is 2.12 bits per heavy atom. The van der Waals surface area contributed by atoms with Gasteiger partial charge in [-0.25, -0.2) is 0 Å². The van der Waals surface area contributed by atoms with E-state index in [4.69, 9.17) is 20.8 Å². The van der Waals surface area contributed by atoms with Crippen LogP contribution >= 0.6 is 11.6 Å². The normalized spacial score (nSPS) is 15.4. The summed E-state index contributed by atoms with van der Waals surface area (Å²) in [5, 5.41) is -0.227. The van der Waals surface area contributed by atoms with Gasteiger partial charge >= 0.3 is 0 Å². The summed E-state index contributed by atoms with van der Waals surface area (Å²) in [6.45, 7) is 2.69. The zero-order valence-electron chi connectivity index (χ0n) is 9.57. The van der Waals surface area contributed by atoms with Crippen LogP contribution in [-0.4, -0.2) is 6.61 Å². The predicted molar refractivity (Wildman–Crippen MR) is 66.8 cm³/mol. The van der Waals surface area contributed by atoms with Gasteiger partial charge in [0.2, 0.25) is 0 Å². The quantitative estimate of drug-likeness (QED) is 0.754. The van der Waals surface area contributed by atoms with Crippen LogP contribution in [0.4, 0.5) is 0 Å². The molecule has 0 amide bonds. The van der Waals surface area contributed by atoms with Crippen molar-refractivity contribution in [3.63, 3.8) is 0 Å². The first-order valence-corrected chi connectivity index (χ1v) is 6.14. The molecule has 1 aromatic carbocycles. The molecule has 2 aromatic rings. The smallest absolute Gasteiger partial charge is 0.126 e. The van der Waals surface area contributed by atoms with E-state index in [0.29, 0.717) is 0 Å². The minimum atomic E-state index is -0.227. The van der Waals surface area contributed by atoms with Crippen LogP contribution in [0, 0.1) is 6.92 Å². The zero-order valence-corrected chi connectivity index (χ0v) is 10.3. The van der Waals surface area contributed by atoms with E-state index in [1.165, 1.54) is 5.56 Å². The average Bonchev–Trinajstić information content (AvgIpc) is 2.95. The maximum Gasteiger partial charge on any atom is 0.126 e. The molecule has 0 spiro atoms. The number of benzene rings is 1. The van der Waals surface area contributed by atoms with Gasteiger partial charge in [-0.1, -0.05) is 12.1 Å². The fourth-order valence-corrected chi connectivity index (χ4v) is 2.37. The van der Waals surface area contributed by atoms with E-state index >= 15 is 0 Å². The summed E-state index contributed by atoms with van der Waals surface area (Å²) in [4.78, 5) is 0. The maximum absolute atomic E-state index is 6.41. The minimum absolute atomic E-state index is 0.227. The van der Waals surface area contributed by atoms with Crippen molar-refractivity contribution in [3.8, 4) is 5.75 Å². The van der Waals surface area contributed by atoms with Crippen LogP contribution < -0.4 is 4.74 Å². The molecule has 0 N–H and O–H groups in total.